The molecule has 102 valence electrons. The van der Waals surface area contributed by atoms with Crippen LogP contribution in [0.2, 0.25) is 0 Å². The Bertz CT molecular complexity index is 619. The lowest BCUT2D eigenvalue weighted by Gasteiger charge is -2.10. The lowest BCUT2D eigenvalue weighted by Crippen LogP contribution is -2.08. The number of benzene rings is 2. The Labute approximate surface area is 118 Å². The van der Waals surface area contributed by atoms with Crippen molar-refractivity contribution in [3.8, 4) is 5.75 Å². The average Bonchev–Trinajstić information content (AvgIpc) is 2.90. The van der Waals surface area contributed by atoms with E-state index in [0.29, 0.717) is 11.3 Å². The van der Waals surface area contributed by atoms with Gasteiger partial charge in [0.1, 0.15) is 5.75 Å². The standard InChI is InChI=1S/C17H16O3/c1-19-16-10-7-13-11-14(8-9-15(13)16)20-17(18)12-5-3-2-4-6-12/h2-6,8-9,11,16H,7,10H2,1H3. The zero-order chi connectivity index (χ0) is 13.9. The summed E-state index contributed by atoms with van der Waals surface area (Å²) in [5.41, 5.74) is 2.96. The van der Waals surface area contributed by atoms with Gasteiger partial charge in [0.25, 0.3) is 0 Å². The zero-order valence-corrected chi connectivity index (χ0v) is 11.3. The van der Waals surface area contributed by atoms with Gasteiger partial charge in [-0.3, -0.25) is 0 Å². The van der Waals surface area contributed by atoms with Crippen molar-refractivity contribution >= 4 is 5.97 Å². The number of carbonyl (C=O) groups is 1. The van der Waals surface area contributed by atoms with Crippen molar-refractivity contribution in [1.29, 1.82) is 0 Å². The molecule has 1 aliphatic rings. The molecule has 0 N–H and O–H groups in total. The molecular weight excluding hydrogens is 252 g/mol. The molecule has 0 amide bonds. The number of rotatable bonds is 3. The van der Waals surface area contributed by atoms with Crippen LogP contribution in [-0.4, -0.2) is 13.1 Å². The first-order chi connectivity index (χ1) is 9.78. The number of aryl methyl sites for hydroxylation is 1. The van der Waals surface area contributed by atoms with Crippen LogP contribution < -0.4 is 4.74 Å². The highest BCUT2D eigenvalue weighted by Gasteiger charge is 2.22. The van der Waals surface area contributed by atoms with Crippen LogP contribution in [0.25, 0.3) is 0 Å². The van der Waals surface area contributed by atoms with Gasteiger partial charge in [-0.25, -0.2) is 4.79 Å². The predicted octanol–water partition coefficient (Wildman–Crippen LogP) is 3.54. The Hall–Kier alpha value is -2.13. The minimum absolute atomic E-state index is 0.170. The molecule has 0 aromatic heterocycles. The Morgan fingerprint density at radius 3 is 2.70 bits per heavy atom. The Morgan fingerprint density at radius 2 is 1.95 bits per heavy atom. The van der Waals surface area contributed by atoms with Crippen LogP contribution in [0.3, 0.4) is 0 Å². The summed E-state index contributed by atoms with van der Waals surface area (Å²) >= 11 is 0. The second-order valence-electron chi connectivity index (χ2n) is 4.88. The topological polar surface area (TPSA) is 35.5 Å². The molecule has 0 saturated carbocycles. The fourth-order valence-corrected chi connectivity index (χ4v) is 2.60. The van der Waals surface area contributed by atoms with Crippen molar-refractivity contribution in [2.75, 3.05) is 7.11 Å². The summed E-state index contributed by atoms with van der Waals surface area (Å²) in [7, 11) is 1.73. The van der Waals surface area contributed by atoms with Crippen LogP contribution >= 0.6 is 0 Å². The third-order valence-corrected chi connectivity index (χ3v) is 3.64. The van der Waals surface area contributed by atoms with Gasteiger partial charge in [-0.1, -0.05) is 24.3 Å². The molecule has 0 aliphatic heterocycles. The monoisotopic (exact) mass is 268 g/mol. The minimum atomic E-state index is -0.327. The van der Waals surface area contributed by atoms with E-state index in [-0.39, 0.29) is 12.1 Å². The summed E-state index contributed by atoms with van der Waals surface area (Å²) in [5, 5.41) is 0. The van der Waals surface area contributed by atoms with E-state index in [1.807, 2.05) is 36.4 Å². The van der Waals surface area contributed by atoms with E-state index >= 15 is 0 Å². The number of esters is 1. The lowest BCUT2D eigenvalue weighted by molar-refractivity contribution is 0.0734. The van der Waals surface area contributed by atoms with Crippen molar-refractivity contribution in [1.82, 2.24) is 0 Å². The number of hydrogen-bond acceptors (Lipinski definition) is 3. The van der Waals surface area contributed by atoms with Crippen LogP contribution in [0, 0.1) is 0 Å². The largest absolute Gasteiger partial charge is 0.423 e. The van der Waals surface area contributed by atoms with Crippen molar-refractivity contribution in [3.63, 3.8) is 0 Å². The zero-order valence-electron chi connectivity index (χ0n) is 11.3. The molecule has 0 radical (unpaired) electrons. The van der Waals surface area contributed by atoms with Crippen LogP contribution in [0.5, 0.6) is 5.75 Å². The molecule has 3 heteroatoms. The molecule has 0 fully saturated rings. The second kappa shape index (κ2) is 5.47. The van der Waals surface area contributed by atoms with Crippen molar-refractivity contribution in [2.45, 2.75) is 18.9 Å². The van der Waals surface area contributed by atoms with Gasteiger partial charge in [0, 0.05) is 7.11 Å². The highest BCUT2D eigenvalue weighted by Crippen LogP contribution is 2.35. The summed E-state index contributed by atoms with van der Waals surface area (Å²) in [6.07, 6.45) is 2.12. The van der Waals surface area contributed by atoms with E-state index in [9.17, 15) is 4.79 Å². The van der Waals surface area contributed by atoms with Gasteiger partial charge < -0.3 is 9.47 Å². The Kier molecular flexibility index (Phi) is 3.52. The molecule has 2 aromatic rings. The van der Waals surface area contributed by atoms with Gasteiger partial charge in [-0.2, -0.15) is 0 Å². The SMILES string of the molecule is COC1CCc2cc(OC(=O)c3ccccc3)ccc21. The molecule has 0 bridgehead atoms. The maximum absolute atomic E-state index is 12.0. The first-order valence-corrected chi connectivity index (χ1v) is 6.71. The summed E-state index contributed by atoms with van der Waals surface area (Å²) < 4.78 is 10.8. The van der Waals surface area contributed by atoms with Gasteiger partial charge in [-0.05, 0) is 48.2 Å². The molecule has 20 heavy (non-hydrogen) atoms. The first-order valence-electron chi connectivity index (χ1n) is 6.71. The van der Waals surface area contributed by atoms with Gasteiger partial charge in [0.15, 0.2) is 0 Å². The van der Waals surface area contributed by atoms with Crippen molar-refractivity contribution in [2.24, 2.45) is 0 Å². The second-order valence-corrected chi connectivity index (χ2v) is 4.88. The fourth-order valence-electron chi connectivity index (χ4n) is 2.60. The maximum atomic E-state index is 12.0. The molecular formula is C17H16O3. The van der Waals surface area contributed by atoms with Crippen LogP contribution in [0.1, 0.15) is 34.0 Å². The number of methoxy groups -OCH3 is 1. The number of ether oxygens (including phenoxy) is 2. The highest BCUT2D eigenvalue weighted by molar-refractivity contribution is 5.90. The summed E-state index contributed by atoms with van der Waals surface area (Å²) in [6.45, 7) is 0. The molecule has 1 atom stereocenters. The summed E-state index contributed by atoms with van der Waals surface area (Å²) in [6, 6.07) is 14.8. The van der Waals surface area contributed by atoms with E-state index < -0.39 is 0 Å². The van der Waals surface area contributed by atoms with Gasteiger partial charge >= 0.3 is 5.97 Å². The Balaban J connectivity index is 1.78. The smallest absolute Gasteiger partial charge is 0.343 e. The molecule has 0 spiro atoms. The lowest BCUT2D eigenvalue weighted by atomic mass is 10.1. The molecule has 1 aliphatic carbocycles. The molecule has 2 aromatic carbocycles. The Morgan fingerprint density at radius 1 is 1.15 bits per heavy atom. The van der Waals surface area contributed by atoms with E-state index in [0.717, 1.165) is 12.8 Å². The van der Waals surface area contributed by atoms with E-state index in [4.69, 9.17) is 9.47 Å². The van der Waals surface area contributed by atoms with E-state index in [1.54, 1.807) is 19.2 Å². The average molecular weight is 268 g/mol. The predicted molar refractivity (Wildman–Crippen MR) is 75.9 cm³/mol. The fraction of sp³-hybridized carbons (Fsp3) is 0.235. The molecule has 3 nitrogen and oxygen atoms in total. The van der Waals surface area contributed by atoms with Crippen LogP contribution in [0.15, 0.2) is 48.5 Å². The molecule has 0 heterocycles. The maximum Gasteiger partial charge on any atom is 0.343 e. The van der Waals surface area contributed by atoms with Crippen molar-refractivity contribution < 1.29 is 14.3 Å². The minimum Gasteiger partial charge on any atom is -0.423 e. The molecule has 1 unspecified atom stereocenters. The highest BCUT2D eigenvalue weighted by atomic mass is 16.5. The summed E-state index contributed by atoms with van der Waals surface area (Å²) in [5.74, 6) is 0.265. The van der Waals surface area contributed by atoms with E-state index in [2.05, 4.69) is 0 Å². The summed E-state index contributed by atoms with van der Waals surface area (Å²) in [4.78, 5) is 12.0. The normalized spacial score (nSPS) is 16.8. The molecule has 0 saturated heterocycles. The van der Waals surface area contributed by atoms with Crippen molar-refractivity contribution in [3.05, 3.63) is 65.2 Å². The van der Waals surface area contributed by atoms with E-state index in [1.165, 1.54) is 11.1 Å². The van der Waals surface area contributed by atoms with Gasteiger partial charge in [0.2, 0.25) is 0 Å². The quantitative estimate of drug-likeness (QED) is 0.631. The molecule has 3 rings (SSSR count). The van der Waals surface area contributed by atoms with Gasteiger partial charge in [-0.15, -0.1) is 0 Å². The number of fused-ring (bicyclic) bond motifs is 1. The van der Waals surface area contributed by atoms with Gasteiger partial charge in [0.05, 0.1) is 11.7 Å². The van der Waals surface area contributed by atoms with Crippen LogP contribution in [-0.2, 0) is 11.2 Å². The number of hydrogen-bond donors (Lipinski definition) is 0. The van der Waals surface area contributed by atoms with Crippen LogP contribution in [0.4, 0.5) is 0 Å². The number of carbonyl (C=O) groups excluding carboxylic acids is 1. The third-order valence-electron chi connectivity index (χ3n) is 3.64. The third kappa shape index (κ3) is 2.45. The first kappa shape index (κ1) is 12.9.